The molecule has 3 aromatic rings. The molecule has 4 N–H and O–H groups in total. The Morgan fingerprint density at radius 2 is 1.71 bits per heavy atom. The number of nitrogen functional groups attached to an aromatic ring is 1. The molecule has 0 radical (unpaired) electrons. The number of nitrogens with zero attached hydrogens (tertiary/aromatic N) is 2. The van der Waals surface area contributed by atoms with Crippen molar-refractivity contribution in [1.29, 1.82) is 0 Å². The molecule has 184 valence electrons. The van der Waals surface area contributed by atoms with Gasteiger partial charge in [-0.25, -0.2) is 9.97 Å². The fourth-order valence-corrected chi connectivity index (χ4v) is 6.31. The van der Waals surface area contributed by atoms with E-state index in [2.05, 4.69) is 73.9 Å². The first-order valence-corrected chi connectivity index (χ1v) is 13.7. The molecule has 34 heavy (non-hydrogen) atoms. The van der Waals surface area contributed by atoms with Crippen molar-refractivity contribution in [2.45, 2.75) is 39.7 Å². The van der Waals surface area contributed by atoms with Crippen molar-refractivity contribution in [3.05, 3.63) is 55.1 Å². The number of fused-ring (bicyclic) bond motifs is 1. The van der Waals surface area contributed by atoms with Gasteiger partial charge in [-0.2, -0.15) is 0 Å². The summed E-state index contributed by atoms with van der Waals surface area (Å²) in [6.45, 7) is 10.3. The summed E-state index contributed by atoms with van der Waals surface area (Å²) < 4.78 is 2.97. The van der Waals surface area contributed by atoms with Crippen molar-refractivity contribution in [3.8, 4) is 0 Å². The number of rotatable bonds is 10. The molecule has 1 aromatic heterocycles. The van der Waals surface area contributed by atoms with Crippen molar-refractivity contribution in [2.75, 3.05) is 30.7 Å². The van der Waals surface area contributed by atoms with Crippen LogP contribution < -0.4 is 28.4 Å². The first-order chi connectivity index (χ1) is 15.8. The van der Waals surface area contributed by atoms with Gasteiger partial charge >= 0.3 is 0 Å². The molecular weight excluding hydrogens is 645 g/mol. The smallest absolute Gasteiger partial charge is 0.154 e. The Morgan fingerprint density at radius 3 is 2.35 bits per heavy atom. The fraction of sp³-hybridized carbons (Fsp3) is 0.360. The van der Waals surface area contributed by atoms with E-state index in [0.717, 1.165) is 42.1 Å². The van der Waals surface area contributed by atoms with Crippen LogP contribution in [0.3, 0.4) is 0 Å². The van der Waals surface area contributed by atoms with Crippen LogP contribution in [0.2, 0.25) is 0 Å². The average Bonchev–Trinajstić information content (AvgIpc) is 2.76. The van der Waals surface area contributed by atoms with Gasteiger partial charge in [0.1, 0.15) is 5.82 Å². The molecule has 0 saturated carbocycles. The monoisotopic (exact) mass is 673 g/mol. The van der Waals surface area contributed by atoms with Gasteiger partial charge in [0.25, 0.3) is 0 Å². The molecule has 0 aliphatic rings. The minimum Gasteiger partial charge on any atom is -1.00 e. The maximum atomic E-state index is 6.07. The van der Waals surface area contributed by atoms with Gasteiger partial charge in [0.2, 0.25) is 0 Å². The van der Waals surface area contributed by atoms with Gasteiger partial charge in [-0.3, -0.25) is 0 Å². The summed E-state index contributed by atoms with van der Waals surface area (Å²) in [5.41, 5.74) is 8.68. The zero-order chi connectivity index (χ0) is 24.0. The highest BCUT2D eigenvalue weighted by molar-refractivity contribution is 9.11. The van der Waals surface area contributed by atoms with E-state index in [-0.39, 0.29) is 12.4 Å². The summed E-state index contributed by atoms with van der Waals surface area (Å²) in [6, 6.07) is 10.1. The molecule has 5 nitrogen and oxygen atoms in total. The fourth-order valence-electron chi connectivity index (χ4n) is 3.79. The first-order valence-electron chi connectivity index (χ1n) is 11.3. The maximum absolute atomic E-state index is 6.07. The van der Waals surface area contributed by atoms with Gasteiger partial charge in [-0.05, 0) is 76.1 Å². The van der Waals surface area contributed by atoms with Crippen LogP contribution in [0.15, 0.2) is 43.7 Å². The van der Waals surface area contributed by atoms with Gasteiger partial charge in [0.15, 0.2) is 5.82 Å². The SMILES string of the molecule is CC[NH+](CC)CCCC(C)Nc1nc(/C=C/c2c(Br)cc(Br)cc2Br)nc2ccc(N)cc12.[Cl-]. The van der Waals surface area contributed by atoms with Gasteiger partial charge in [0, 0.05) is 36.1 Å². The second-order valence-corrected chi connectivity index (χ2v) is 10.8. The van der Waals surface area contributed by atoms with E-state index in [1.54, 1.807) is 4.90 Å². The van der Waals surface area contributed by atoms with Gasteiger partial charge < -0.3 is 28.4 Å². The normalized spacial score (nSPS) is 12.3. The summed E-state index contributed by atoms with van der Waals surface area (Å²) in [5, 5.41) is 4.56. The third-order valence-corrected chi connectivity index (χ3v) is 7.50. The summed E-state index contributed by atoms with van der Waals surface area (Å²) >= 11 is 10.8. The van der Waals surface area contributed by atoms with E-state index in [0.29, 0.717) is 17.6 Å². The Morgan fingerprint density at radius 1 is 1.03 bits per heavy atom. The van der Waals surface area contributed by atoms with Crippen LogP contribution in [0, 0.1) is 0 Å². The molecule has 1 atom stereocenters. The quantitative estimate of drug-likeness (QED) is 0.289. The minimum atomic E-state index is 0. The van der Waals surface area contributed by atoms with E-state index < -0.39 is 0 Å². The Bertz CT molecular complexity index is 1110. The number of aromatic nitrogens is 2. The van der Waals surface area contributed by atoms with Crippen molar-refractivity contribution >= 4 is 82.4 Å². The largest absolute Gasteiger partial charge is 1.00 e. The number of quaternary nitrogens is 1. The number of nitrogens with two attached hydrogens (primary N) is 1. The molecule has 1 heterocycles. The average molecular weight is 677 g/mol. The second kappa shape index (κ2) is 13.8. The lowest BCUT2D eigenvalue weighted by molar-refractivity contribution is -0.896. The molecule has 0 aliphatic heterocycles. The zero-order valence-corrected chi connectivity index (χ0v) is 25.2. The summed E-state index contributed by atoms with van der Waals surface area (Å²) in [5.74, 6) is 1.47. The first kappa shape index (κ1) is 29.0. The van der Waals surface area contributed by atoms with Crippen LogP contribution in [-0.4, -0.2) is 35.6 Å². The van der Waals surface area contributed by atoms with E-state index >= 15 is 0 Å². The molecule has 1 unspecified atom stereocenters. The Labute approximate surface area is 233 Å². The third-order valence-electron chi connectivity index (χ3n) is 5.73. The summed E-state index contributed by atoms with van der Waals surface area (Å²) in [6.07, 6.45) is 6.21. The van der Waals surface area contributed by atoms with Crippen molar-refractivity contribution in [2.24, 2.45) is 0 Å². The lowest BCUT2D eigenvalue weighted by Crippen LogP contribution is -3.11. The van der Waals surface area contributed by atoms with E-state index in [1.165, 1.54) is 26.1 Å². The summed E-state index contributed by atoms with van der Waals surface area (Å²) in [4.78, 5) is 11.2. The standard InChI is InChI=1S/C25H30Br3N5.ClH/c1-4-33(5-2)12-6-7-16(3)30-25-20-15-18(29)8-10-23(20)31-24(32-25)11-9-19-21(27)13-17(26)14-22(19)28;/h8-11,13-16H,4-7,12,29H2,1-3H3,(H,30,31,32);1H/b11-9+;. The molecule has 0 saturated heterocycles. The molecular formula is C25H31Br3ClN5. The molecule has 0 fully saturated rings. The van der Waals surface area contributed by atoms with E-state index in [9.17, 15) is 0 Å². The number of hydrogen-bond donors (Lipinski definition) is 3. The van der Waals surface area contributed by atoms with Crippen molar-refractivity contribution in [3.63, 3.8) is 0 Å². The molecule has 3 rings (SSSR count). The third kappa shape index (κ3) is 7.92. The number of halogens is 4. The molecule has 0 aliphatic carbocycles. The van der Waals surface area contributed by atoms with Crippen LogP contribution in [-0.2, 0) is 0 Å². The number of hydrogen-bond acceptors (Lipinski definition) is 4. The lowest BCUT2D eigenvalue weighted by atomic mass is 10.1. The molecule has 0 bridgehead atoms. The van der Waals surface area contributed by atoms with Gasteiger partial charge in [0.05, 0.1) is 25.2 Å². The Hall–Kier alpha value is -1.19. The highest BCUT2D eigenvalue weighted by Crippen LogP contribution is 2.31. The molecule has 0 spiro atoms. The highest BCUT2D eigenvalue weighted by Gasteiger charge is 2.12. The van der Waals surface area contributed by atoms with Crippen molar-refractivity contribution in [1.82, 2.24) is 9.97 Å². The number of anilines is 2. The molecule has 9 heteroatoms. The van der Waals surface area contributed by atoms with Crippen LogP contribution >= 0.6 is 47.8 Å². The van der Waals surface area contributed by atoms with Crippen LogP contribution in [0.25, 0.3) is 23.1 Å². The topological polar surface area (TPSA) is 68.3 Å². The minimum absolute atomic E-state index is 0. The van der Waals surface area contributed by atoms with Gasteiger partial charge in [-0.1, -0.05) is 47.8 Å². The molecule has 0 amide bonds. The van der Waals surface area contributed by atoms with E-state index in [1.807, 2.05) is 42.5 Å². The van der Waals surface area contributed by atoms with Crippen molar-refractivity contribution < 1.29 is 17.3 Å². The van der Waals surface area contributed by atoms with Gasteiger partial charge in [-0.15, -0.1) is 0 Å². The molecule has 2 aromatic carbocycles. The predicted octanol–water partition coefficient (Wildman–Crippen LogP) is 3.18. The maximum Gasteiger partial charge on any atom is 0.154 e. The number of nitrogens with one attached hydrogen (secondary N) is 2. The van der Waals surface area contributed by atoms with E-state index in [4.69, 9.17) is 15.7 Å². The highest BCUT2D eigenvalue weighted by atomic mass is 79.9. The zero-order valence-electron chi connectivity index (χ0n) is 19.6. The van der Waals surface area contributed by atoms with Crippen LogP contribution in [0.4, 0.5) is 11.5 Å². The summed E-state index contributed by atoms with van der Waals surface area (Å²) in [7, 11) is 0. The van der Waals surface area contributed by atoms with Crippen LogP contribution in [0.5, 0.6) is 0 Å². The predicted molar refractivity (Wildman–Crippen MR) is 152 cm³/mol. The lowest BCUT2D eigenvalue weighted by Gasteiger charge is -2.19. The Balaban J connectivity index is 0.00000408. The Kier molecular flexibility index (Phi) is 11.8. The second-order valence-electron chi connectivity index (χ2n) is 8.22. The number of benzene rings is 2. The van der Waals surface area contributed by atoms with Crippen LogP contribution in [0.1, 0.15) is 45.0 Å².